The van der Waals surface area contributed by atoms with Crippen LogP contribution in [-0.2, 0) is 17.6 Å². The van der Waals surface area contributed by atoms with Crippen LogP contribution < -0.4 is 0 Å². The molecule has 1 aromatic heterocycles. The normalized spacial score (nSPS) is 12.3. The molecular weight excluding hydrogens is 312 g/mol. The van der Waals surface area contributed by atoms with Crippen LogP contribution in [0.1, 0.15) is 10.4 Å². The lowest BCUT2D eigenvalue weighted by atomic mass is 9.96. The van der Waals surface area contributed by atoms with Crippen LogP contribution in [0.4, 0.5) is 0 Å². The molecule has 4 heteroatoms. The zero-order valence-electron chi connectivity index (χ0n) is 9.67. The molecule has 2 nitrogen and oxygen atoms in total. The zero-order valence-corrected chi connectivity index (χ0v) is 12.1. The van der Waals surface area contributed by atoms with Gasteiger partial charge < -0.3 is 5.11 Å². The van der Waals surface area contributed by atoms with Crippen LogP contribution in [0.25, 0.3) is 0 Å². The Kier molecular flexibility index (Phi) is 4.55. The fraction of sp³-hybridized carbons (Fsp3) is 0.214. The van der Waals surface area contributed by atoms with Gasteiger partial charge in [-0.1, -0.05) is 34.1 Å². The summed E-state index contributed by atoms with van der Waals surface area (Å²) in [5, 5.41) is 11.3. The second-order valence-corrected chi connectivity index (χ2v) is 6.10. The van der Waals surface area contributed by atoms with Crippen LogP contribution >= 0.6 is 27.3 Å². The minimum absolute atomic E-state index is 0.357. The van der Waals surface area contributed by atoms with Crippen molar-refractivity contribution < 1.29 is 9.90 Å². The SMILES string of the molecule is O=C(O)C(Cc1ccc(Br)cc1)Cc1cccs1. The van der Waals surface area contributed by atoms with Crippen molar-refractivity contribution >= 4 is 33.2 Å². The Hall–Kier alpha value is -1.13. The van der Waals surface area contributed by atoms with Crippen LogP contribution in [-0.4, -0.2) is 11.1 Å². The molecule has 1 N–H and O–H groups in total. The maximum absolute atomic E-state index is 11.3. The third kappa shape index (κ3) is 3.68. The molecule has 0 saturated heterocycles. The smallest absolute Gasteiger partial charge is 0.307 e. The number of carboxylic acids is 1. The summed E-state index contributed by atoms with van der Waals surface area (Å²) in [5.74, 6) is -1.09. The summed E-state index contributed by atoms with van der Waals surface area (Å²) in [6.45, 7) is 0. The van der Waals surface area contributed by atoms with E-state index in [0.717, 1.165) is 14.9 Å². The lowest BCUT2D eigenvalue weighted by Crippen LogP contribution is -2.18. The first-order valence-corrected chi connectivity index (χ1v) is 7.32. The maximum Gasteiger partial charge on any atom is 0.307 e. The molecule has 1 aromatic carbocycles. The molecule has 0 aliphatic rings. The molecule has 0 aliphatic heterocycles. The molecule has 0 spiro atoms. The van der Waals surface area contributed by atoms with Gasteiger partial charge >= 0.3 is 5.97 Å². The van der Waals surface area contributed by atoms with Crippen molar-refractivity contribution in [2.24, 2.45) is 5.92 Å². The zero-order chi connectivity index (χ0) is 13.0. The summed E-state index contributed by atoms with van der Waals surface area (Å²) in [6, 6.07) is 11.8. The van der Waals surface area contributed by atoms with Crippen LogP contribution in [0, 0.1) is 5.92 Å². The maximum atomic E-state index is 11.3. The number of hydrogen-bond donors (Lipinski definition) is 1. The van der Waals surface area contributed by atoms with Gasteiger partial charge in [-0.3, -0.25) is 4.79 Å². The molecule has 0 amide bonds. The number of halogens is 1. The topological polar surface area (TPSA) is 37.3 Å². The Morgan fingerprint density at radius 1 is 1.22 bits per heavy atom. The standard InChI is InChI=1S/C14H13BrO2S/c15-12-5-3-10(4-6-12)8-11(14(16)17)9-13-2-1-7-18-13/h1-7,11H,8-9H2,(H,16,17). The van der Waals surface area contributed by atoms with Gasteiger partial charge in [-0.25, -0.2) is 0 Å². The Bertz CT molecular complexity index is 505. The lowest BCUT2D eigenvalue weighted by molar-refractivity contribution is -0.141. The molecule has 0 bridgehead atoms. The second kappa shape index (κ2) is 6.16. The first-order chi connectivity index (χ1) is 8.65. The summed E-state index contributed by atoms with van der Waals surface area (Å²) in [4.78, 5) is 12.4. The number of benzene rings is 1. The van der Waals surface area contributed by atoms with E-state index in [1.54, 1.807) is 11.3 Å². The van der Waals surface area contributed by atoms with E-state index in [0.29, 0.717) is 12.8 Å². The van der Waals surface area contributed by atoms with Gasteiger partial charge in [0, 0.05) is 9.35 Å². The van der Waals surface area contributed by atoms with Crippen molar-refractivity contribution in [3.63, 3.8) is 0 Å². The highest BCUT2D eigenvalue weighted by atomic mass is 79.9. The molecule has 1 unspecified atom stereocenters. The number of rotatable bonds is 5. The highest BCUT2D eigenvalue weighted by Crippen LogP contribution is 2.20. The number of aliphatic carboxylic acids is 1. The minimum atomic E-state index is -0.730. The average molecular weight is 325 g/mol. The summed E-state index contributed by atoms with van der Waals surface area (Å²) in [7, 11) is 0. The van der Waals surface area contributed by atoms with Gasteiger partial charge in [-0.2, -0.15) is 0 Å². The van der Waals surface area contributed by atoms with E-state index in [2.05, 4.69) is 15.9 Å². The molecule has 1 heterocycles. The quantitative estimate of drug-likeness (QED) is 0.902. The molecular formula is C14H13BrO2S. The van der Waals surface area contributed by atoms with E-state index in [-0.39, 0.29) is 5.92 Å². The van der Waals surface area contributed by atoms with Crippen LogP contribution in [0.15, 0.2) is 46.3 Å². The van der Waals surface area contributed by atoms with Crippen molar-refractivity contribution in [1.82, 2.24) is 0 Å². The monoisotopic (exact) mass is 324 g/mol. The first-order valence-electron chi connectivity index (χ1n) is 5.65. The van der Waals surface area contributed by atoms with Gasteiger partial charge in [0.05, 0.1) is 5.92 Å². The minimum Gasteiger partial charge on any atom is -0.481 e. The third-order valence-electron chi connectivity index (χ3n) is 2.77. The van der Waals surface area contributed by atoms with Gasteiger partial charge in [-0.15, -0.1) is 11.3 Å². The van der Waals surface area contributed by atoms with Crippen molar-refractivity contribution in [3.8, 4) is 0 Å². The van der Waals surface area contributed by atoms with Gasteiger partial charge in [0.25, 0.3) is 0 Å². The second-order valence-electron chi connectivity index (χ2n) is 4.15. The van der Waals surface area contributed by atoms with Crippen molar-refractivity contribution in [2.75, 3.05) is 0 Å². The number of carboxylic acid groups (broad SMARTS) is 1. The predicted molar refractivity (Wildman–Crippen MR) is 77.0 cm³/mol. The summed E-state index contributed by atoms with van der Waals surface area (Å²) in [5.41, 5.74) is 1.06. The van der Waals surface area contributed by atoms with Gasteiger partial charge in [0.15, 0.2) is 0 Å². The van der Waals surface area contributed by atoms with Crippen molar-refractivity contribution in [1.29, 1.82) is 0 Å². The van der Waals surface area contributed by atoms with Crippen molar-refractivity contribution in [2.45, 2.75) is 12.8 Å². The van der Waals surface area contributed by atoms with E-state index < -0.39 is 5.97 Å². The number of carbonyl (C=O) groups is 1. The highest BCUT2D eigenvalue weighted by molar-refractivity contribution is 9.10. The average Bonchev–Trinajstić information content (AvgIpc) is 2.84. The Morgan fingerprint density at radius 2 is 1.94 bits per heavy atom. The van der Waals surface area contributed by atoms with E-state index in [9.17, 15) is 9.90 Å². The third-order valence-corrected chi connectivity index (χ3v) is 4.20. The molecule has 1 atom stereocenters. The Labute approximate surface area is 118 Å². The number of hydrogen-bond acceptors (Lipinski definition) is 2. The van der Waals surface area contributed by atoms with Crippen LogP contribution in [0.5, 0.6) is 0 Å². The highest BCUT2D eigenvalue weighted by Gasteiger charge is 2.19. The molecule has 0 fully saturated rings. The Balaban J connectivity index is 2.06. The fourth-order valence-electron chi connectivity index (χ4n) is 1.82. The van der Waals surface area contributed by atoms with E-state index in [1.807, 2.05) is 41.8 Å². The molecule has 18 heavy (non-hydrogen) atoms. The van der Waals surface area contributed by atoms with Gasteiger partial charge in [0.2, 0.25) is 0 Å². The van der Waals surface area contributed by atoms with Crippen LogP contribution in [0.2, 0.25) is 0 Å². The molecule has 0 aliphatic carbocycles. The first kappa shape index (κ1) is 13.3. The molecule has 0 radical (unpaired) electrons. The summed E-state index contributed by atoms with van der Waals surface area (Å²) >= 11 is 4.99. The largest absolute Gasteiger partial charge is 0.481 e. The van der Waals surface area contributed by atoms with Gasteiger partial charge in [0.1, 0.15) is 0 Å². The summed E-state index contributed by atoms with van der Waals surface area (Å²) < 4.78 is 1.01. The Morgan fingerprint density at radius 3 is 2.50 bits per heavy atom. The fourth-order valence-corrected chi connectivity index (χ4v) is 2.87. The van der Waals surface area contributed by atoms with Crippen molar-refractivity contribution in [3.05, 3.63) is 56.7 Å². The molecule has 2 aromatic rings. The number of thiophene rings is 1. The molecule has 2 rings (SSSR count). The summed E-state index contributed by atoms with van der Waals surface area (Å²) in [6.07, 6.45) is 1.17. The molecule has 0 saturated carbocycles. The van der Waals surface area contributed by atoms with Crippen LogP contribution in [0.3, 0.4) is 0 Å². The molecule has 94 valence electrons. The van der Waals surface area contributed by atoms with E-state index in [4.69, 9.17) is 0 Å². The van der Waals surface area contributed by atoms with Gasteiger partial charge in [-0.05, 0) is 42.0 Å². The predicted octanol–water partition coefficient (Wildman–Crippen LogP) is 4.00. The lowest BCUT2D eigenvalue weighted by Gasteiger charge is -2.11. The van der Waals surface area contributed by atoms with E-state index >= 15 is 0 Å². The van der Waals surface area contributed by atoms with E-state index in [1.165, 1.54) is 0 Å².